The summed E-state index contributed by atoms with van der Waals surface area (Å²) in [6, 6.07) is 0. The summed E-state index contributed by atoms with van der Waals surface area (Å²) >= 11 is 0. The molecule has 0 heterocycles. The van der Waals surface area contributed by atoms with E-state index in [1.165, 1.54) is 0 Å². The van der Waals surface area contributed by atoms with Gasteiger partial charge in [0.25, 0.3) is 0 Å². The fourth-order valence-corrected chi connectivity index (χ4v) is 4.33. The Morgan fingerprint density at radius 3 is 2.21 bits per heavy atom. The van der Waals surface area contributed by atoms with Gasteiger partial charge in [0.2, 0.25) is 0 Å². The van der Waals surface area contributed by atoms with E-state index in [1.54, 1.807) is 26.8 Å². The van der Waals surface area contributed by atoms with Crippen molar-refractivity contribution in [3.05, 3.63) is 12.7 Å². The molecule has 6 nitrogen and oxygen atoms in total. The van der Waals surface area contributed by atoms with Gasteiger partial charge < -0.3 is 24.7 Å². The first-order valence-electron chi connectivity index (χ1n) is 10.1. The lowest BCUT2D eigenvalue weighted by molar-refractivity contribution is -0.122. The molecular weight excluding hydrogens is 374 g/mol. The van der Waals surface area contributed by atoms with Crippen molar-refractivity contribution in [1.82, 2.24) is 5.32 Å². The molecule has 1 aliphatic carbocycles. The highest BCUT2D eigenvalue weighted by atomic mass is 28.4. The second kappa shape index (κ2) is 8.46. The zero-order valence-corrected chi connectivity index (χ0v) is 20.1. The van der Waals surface area contributed by atoms with E-state index < -0.39 is 37.8 Å². The third-order valence-electron chi connectivity index (χ3n) is 6.22. The van der Waals surface area contributed by atoms with Crippen molar-refractivity contribution in [2.45, 2.75) is 96.4 Å². The molecule has 7 heteroatoms. The molecule has 0 bridgehead atoms. The predicted molar refractivity (Wildman–Crippen MR) is 115 cm³/mol. The number of carbonyl (C=O) groups is 1. The fraction of sp³-hybridized carbons (Fsp3) is 0.857. The maximum Gasteiger partial charge on any atom is 0.408 e. The summed E-state index contributed by atoms with van der Waals surface area (Å²) in [6.07, 6.45) is -0.499. The average molecular weight is 416 g/mol. The van der Waals surface area contributed by atoms with E-state index in [0.29, 0.717) is 6.42 Å². The Bertz CT molecular complexity index is 566. The number of rotatable bonds is 5. The number of hydrogen-bond acceptors (Lipinski definition) is 5. The van der Waals surface area contributed by atoms with Crippen LogP contribution in [0.15, 0.2) is 12.7 Å². The van der Waals surface area contributed by atoms with Crippen LogP contribution in [-0.2, 0) is 9.16 Å². The lowest BCUT2D eigenvalue weighted by Gasteiger charge is -2.52. The maximum absolute atomic E-state index is 12.6. The van der Waals surface area contributed by atoms with Crippen LogP contribution in [0.5, 0.6) is 0 Å². The van der Waals surface area contributed by atoms with E-state index in [2.05, 4.69) is 45.8 Å². The van der Waals surface area contributed by atoms with Crippen molar-refractivity contribution >= 4 is 14.4 Å². The molecule has 0 aromatic carbocycles. The lowest BCUT2D eigenvalue weighted by atomic mass is 9.66. The molecule has 0 aromatic rings. The van der Waals surface area contributed by atoms with Crippen LogP contribution in [0.2, 0.25) is 18.1 Å². The number of amides is 1. The highest BCUT2D eigenvalue weighted by molar-refractivity contribution is 6.74. The van der Waals surface area contributed by atoms with E-state index >= 15 is 0 Å². The fourth-order valence-electron chi connectivity index (χ4n) is 3.30. The average Bonchev–Trinajstić information content (AvgIpc) is 2.51. The van der Waals surface area contributed by atoms with Crippen LogP contribution in [-0.4, -0.2) is 54.6 Å². The third kappa shape index (κ3) is 5.59. The molecule has 3 N–H and O–H groups in total. The number of hydrogen-bond donors (Lipinski definition) is 3. The van der Waals surface area contributed by atoms with E-state index in [0.717, 1.165) is 0 Å². The molecule has 1 rings (SSSR count). The summed E-state index contributed by atoms with van der Waals surface area (Å²) in [5, 5.41) is 24.5. The predicted octanol–water partition coefficient (Wildman–Crippen LogP) is 3.84. The summed E-state index contributed by atoms with van der Waals surface area (Å²) in [7, 11) is -2.16. The van der Waals surface area contributed by atoms with Gasteiger partial charge in [-0.25, -0.2) is 4.79 Å². The van der Waals surface area contributed by atoms with E-state index in [4.69, 9.17) is 9.16 Å². The van der Waals surface area contributed by atoms with Crippen molar-refractivity contribution in [2.75, 3.05) is 6.61 Å². The molecular formula is C21H41NO5Si. The molecule has 164 valence electrons. The van der Waals surface area contributed by atoms with Crippen LogP contribution in [0, 0.1) is 11.8 Å². The molecule has 5 atom stereocenters. The number of aliphatic hydroxyl groups excluding tert-OH is 2. The number of alkyl carbamates (subject to hydrolysis) is 1. The molecule has 1 fully saturated rings. The molecule has 1 saturated carbocycles. The van der Waals surface area contributed by atoms with Crippen LogP contribution in [0.4, 0.5) is 4.79 Å². The van der Waals surface area contributed by atoms with Gasteiger partial charge in [-0.05, 0) is 51.2 Å². The molecule has 28 heavy (non-hydrogen) atoms. The zero-order valence-electron chi connectivity index (χ0n) is 19.1. The van der Waals surface area contributed by atoms with Crippen molar-refractivity contribution in [2.24, 2.45) is 11.8 Å². The summed E-state index contributed by atoms with van der Waals surface area (Å²) < 4.78 is 11.9. The Hall–Kier alpha value is -0.893. The largest absolute Gasteiger partial charge is 0.444 e. The van der Waals surface area contributed by atoms with Crippen LogP contribution < -0.4 is 5.32 Å². The minimum atomic E-state index is -2.16. The first-order valence-corrected chi connectivity index (χ1v) is 13.0. The van der Waals surface area contributed by atoms with E-state index in [1.807, 2.05) is 6.92 Å². The SMILES string of the molecule is C=C[C@H]1C[C@@H](C)[C@H](O)[C@@H](O)[C@]1(CO[Si](C)(C)C(C)(C)C)NC(=O)OC(C)(C)C. The van der Waals surface area contributed by atoms with Gasteiger partial charge in [0.1, 0.15) is 11.7 Å². The normalized spacial score (nSPS) is 32.0. The smallest absolute Gasteiger partial charge is 0.408 e. The summed E-state index contributed by atoms with van der Waals surface area (Å²) in [6.45, 7) is 21.9. The molecule has 0 radical (unpaired) electrons. The Labute approximate surface area is 171 Å². The van der Waals surface area contributed by atoms with E-state index in [-0.39, 0.29) is 23.5 Å². The highest BCUT2D eigenvalue weighted by Gasteiger charge is 2.55. The van der Waals surface area contributed by atoms with Gasteiger partial charge in [0.05, 0.1) is 18.2 Å². The Morgan fingerprint density at radius 1 is 1.25 bits per heavy atom. The molecule has 1 aliphatic rings. The number of aliphatic hydroxyl groups is 2. The molecule has 0 unspecified atom stereocenters. The van der Waals surface area contributed by atoms with Crippen molar-refractivity contribution in [1.29, 1.82) is 0 Å². The van der Waals surface area contributed by atoms with Gasteiger partial charge in [-0.1, -0.05) is 33.8 Å². The quantitative estimate of drug-likeness (QED) is 0.469. The Morgan fingerprint density at radius 2 is 1.79 bits per heavy atom. The van der Waals surface area contributed by atoms with Crippen molar-refractivity contribution < 1.29 is 24.2 Å². The van der Waals surface area contributed by atoms with Crippen LogP contribution in [0.25, 0.3) is 0 Å². The number of ether oxygens (including phenoxy) is 1. The molecule has 0 aliphatic heterocycles. The number of nitrogens with one attached hydrogen (secondary N) is 1. The third-order valence-corrected chi connectivity index (χ3v) is 10.7. The first kappa shape index (κ1) is 25.1. The van der Waals surface area contributed by atoms with Crippen LogP contribution in [0.3, 0.4) is 0 Å². The van der Waals surface area contributed by atoms with E-state index in [9.17, 15) is 15.0 Å². The molecule has 0 aromatic heterocycles. The summed E-state index contributed by atoms with van der Waals surface area (Å²) in [4.78, 5) is 12.6. The summed E-state index contributed by atoms with van der Waals surface area (Å²) in [5.74, 6) is -0.391. The highest BCUT2D eigenvalue weighted by Crippen LogP contribution is 2.42. The Kier molecular flexibility index (Phi) is 7.60. The monoisotopic (exact) mass is 415 g/mol. The summed E-state index contributed by atoms with van der Waals surface area (Å²) in [5.41, 5.74) is -1.88. The van der Waals surface area contributed by atoms with Gasteiger partial charge in [0, 0.05) is 5.92 Å². The van der Waals surface area contributed by atoms with Crippen molar-refractivity contribution in [3.63, 3.8) is 0 Å². The topological polar surface area (TPSA) is 88.0 Å². The molecule has 0 saturated heterocycles. The van der Waals surface area contributed by atoms with Gasteiger partial charge >= 0.3 is 6.09 Å². The zero-order chi connectivity index (χ0) is 22.1. The lowest BCUT2D eigenvalue weighted by Crippen LogP contribution is -2.71. The van der Waals surface area contributed by atoms with Gasteiger partial charge in [-0.2, -0.15) is 0 Å². The van der Waals surface area contributed by atoms with Gasteiger partial charge in [-0.15, -0.1) is 6.58 Å². The second-order valence-electron chi connectivity index (χ2n) is 10.7. The minimum absolute atomic E-state index is 0.0324. The van der Waals surface area contributed by atoms with Gasteiger partial charge in [-0.3, -0.25) is 0 Å². The van der Waals surface area contributed by atoms with Crippen molar-refractivity contribution in [3.8, 4) is 0 Å². The second-order valence-corrected chi connectivity index (χ2v) is 15.5. The standard InChI is InChI=1S/C21H41NO5Si/c1-11-15-12-14(2)16(23)17(24)21(15,22-18(25)27-19(3,4)5)13-26-28(9,10)20(6,7)8/h11,14-17,23-24H,1,12-13H2,2-10H3,(H,22,25)/t14-,15+,16+,17-,21-/m1/s1. The van der Waals surface area contributed by atoms with Crippen LogP contribution >= 0.6 is 0 Å². The van der Waals surface area contributed by atoms with Gasteiger partial charge in [0.15, 0.2) is 8.32 Å². The minimum Gasteiger partial charge on any atom is -0.444 e. The Balaban J connectivity index is 3.29. The maximum atomic E-state index is 12.6. The number of carbonyl (C=O) groups excluding carboxylic acids is 1. The first-order chi connectivity index (χ1) is 12.5. The van der Waals surface area contributed by atoms with Crippen LogP contribution in [0.1, 0.15) is 54.9 Å². The molecule has 0 spiro atoms. The molecule has 1 amide bonds.